The number of aliphatic imine (C=N–C) groups is 1. The average molecular weight is 450 g/mol. The van der Waals surface area contributed by atoms with Crippen molar-refractivity contribution in [2.75, 3.05) is 20.1 Å². The summed E-state index contributed by atoms with van der Waals surface area (Å²) in [5, 5.41) is 3.11. The molecule has 0 bridgehead atoms. The minimum absolute atomic E-state index is 0.00729. The quantitative estimate of drug-likeness (QED) is 0.471. The molecule has 2 aromatic carbocycles. The first-order valence-electron chi connectivity index (χ1n) is 12.1. The van der Waals surface area contributed by atoms with E-state index in [0.717, 1.165) is 48.1 Å². The van der Waals surface area contributed by atoms with Crippen molar-refractivity contribution in [1.29, 1.82) is 0 Å². The normalized spacial score (nSPS) is 16.2. The SMILES string of the molecule is CCCC1=Nc2cc(C(=O)NCCCN(C)C3CCCCC3)ccc2Sc2ccccc21. The number of nitrogens with zero attached hydrogens (tertiary/aromatic N) is 2. The number of fused-ring (bicyclic) bond motifs is 2. The largest absolute Gasteiger partial charge is 0.352 e. The van der Waals surface area contributed by atoms with Gasteiger partial charge >= 0.3 is 0 Å². The third-order valence-corrected chi connectivity index (χ3v) is 7.69. The van der Waals surface area contributed by atoms with E-state index < -0.39 is 0 Å². The molecule has 1 amide bonds. The minimum Gasteiger partial charge on any atom is -0.352 e. The summed E-state index contributed by atoms with van der Waals surface area (Å²) < 4.78 is 0. The number of rotatable bonds is 8. The Morgan fingerprint density at radius 3 is 2.75 bits per heavy atom. The lowest BCUT2D eigenvalue weighted by Gasteiger charge is -2.31. The zero-order valence-electron chi connectivity index (χ0n) is 19.4. The van der Waals surface area contributed by atoms with Gasteiger partial charge in [-0.3, -0.25) is 9.79 Å². The van der Waals surface area contributed by atoms with E-state index in [4.69, 9.17) is 4.99 Å². The van der Waals surface area contributed by atoms with Crippen molar-refractivity contribution in [3.05, 3.63) is 53.6 Å². The highest BCUT2D eigenvalue weighted by Gasteiger charge is 2.19. The second kappa shape index (κ2) is 11.2. The summed E-state index contributed by atoms with van der Waals surface area (Å²) in [6, 6.07) is 15.1. The zero-order valence-corrected chi connectivity index (χ0v) is 20.2. The summed E-state index contributed by atoms with van der Waals surface area (Å²) >= 11 is 1.74. The van der Waals surface area contributed by atoms with E-state index in [9.17, 15) is 4.79 Å². The van der Waals surface area contributed by atoms with E-state index >= 15 is 0 Å². The average Bonchev–Trinajstić information content (AvgIpc) is 2.98. The molecule has 0 aromatic heterocycles. The van der Waals surface area contributed by atoms with Gasteiger partial charge in [-0.15, -0.1) is 0 Å². The molecule has 1 fully saturated rings. The fourth-order valence-corrected chi connectivity index (χ4v) is 5.74. The number of carbonyl (C=O) groups excluding carboxylic acids is 1. The molecule has 4 rings (SSSR count). The maximum atomic E-state index is 12.8. The number of hydrogen-bond donors (Lipinski definition) is 1. The van der Waals surface area contributed by atoms with E-state index in [1.165, 1.54) is 42.6 Å². The highest BCUT2D eigenvalue weighted by Crippen LogP contribution is 2.41. The maximum Gasteiger partial charge on any atom is 0.251 e. The fourth-order valence-electron chi connectivity index (χ4n) is 4.71. The molecule has 5 heteroatoms. The van der Waals surface area contributed by atoms with E-state index in [1.54, 1.807) is 11.8 Å². The third kappa shape index (κ3) is 5.62. The van der Waals surface area contributed by atoms with Crippen molar-refractivity contribution >= 4 is 29.1 Å². The Kier molecular flexibility index (Phi) is 8.04. The molecule has 2 aliphatic rings. The Bertz CT molecular complexity index is 965. The molecule has 2 aromatic rings. The van der Waals surface area contributed by atoms with Crippen molar-refractivity contribution in [2.45, 2.75) is 74.1 Å². The van der Waals surface area contributed by atoms with Crippen LogP contribution >= 0.6 is 11.8 Å². The summed E-state index contributed by atoms with van der Waals surface area (Å²) in [6.45, 7) is 3.92. The Morgan fingerprint density at radius 2 is 1.94 bits per heavy atom. The van der Waals surface area contributed by atoms with Gasteiger partial charge in [0, 0.05) is 39.2 Å². The third-order valence-electron chi connectivity index (χ3n) is 6.55. The van der Waals surface area contributed by atoms with Crippen LogP contribution in [0.5, 0.6) is 0 Å². The van der Waals surface area contributed by atoms with E-state index in [2.05, 4.69) is 48.5 Å². The molecule has 32 heavy (non-hydrogen) atoms. The van der Waals surface area contributed by atoms with Gasteiger partial charge in [0.2, 0.25) is 0 Å². The molecular weight excluding hydrogens is 414 g/mol. The number of hydrogen-bond acceptors (Lipinski definition) is 4. The second-order valence-corrected chi connectivity index (χ2v) is 10.1. The first-order valence-corrected chi connectivity index (χ1v) is 12.9. The van der Waals surface area contributed by atoms with E-state index in [0.29, 0.717) is 12.1 Å². The van der Waals surface area contributed by atoms with Gasteiger partial charge in [-0.1, -0.05) is 62.6 Å². The lowest BCUT2D eigenvalue weighted by Crippen LogP contribution is -2.35. The summed E-state index contributed by atoms with van der Waals surface area (Å²) in [5.41, 5.74) is 3.91. The van der Waals surface area contributed by atoms with Crippen molar-refractivity contribution in [1.82, 2.24) is 10.2 Å². The molecule has 4 nitrogen and oxygen atoms in total. The van der Waals surface area contributed by atoms with Crippen LogP contribution in [0.25, 0.3) is 0 Å². The van der Waals surface area contributed by atoms with Crippen LogP contribution in [0.1, 0.15) is 74.2 Å². The molecule has 1 heterocycles. The Morgan fingerprint density at radius 1 is 1.12 bits per heavy atom. The Labute approximate surface area is 196 Å². The van der Waals surface area contributed by atoms with Gasteiger partial charge in [-0.2, -0.15) is 0 Å². The first-order chi connectivity index (χ1) is 15.7. The smallest absolute Gasteiger partial charge is 0.251 e. The van der Waals surface area contributed by atoms with Gasteiger partial charge in [0.15, 0.2) is 0 Å². The Hall–Kier alpha value is -2.11. The van der Waals surface area contributed by atoms with Gasteiger partial charge in [-0.25, -0.2) is 0 Å². The number of carbonyl (C=O) groups is 1. The van der Waals surface area contributed by atoms with Gasteiger partial charge in [0.25, 0.3) is 5.91 Å². The van der Waals surface area contributed by atoms with Crippen LogP contribution in [-0.2, 0) is 0 Å². The monoisotopic (exact) mass is 449 g/mol. The predicted molar refractivity (Wildman–Crippen MR) is 135 cm³/mol. The van der Waals surface area contributed by atoms with E-state index in [1.807, 2.05) is 18.2 Å². The summed E-state index contributed by atoms with van der Waals surface area (Å²) in [7, 11) is 2.23. The van der Waals surface area contributed by atoms with Gasteiger partial charge < -0.3 is 10.2 Å². The van der Waals surface area contributed by atoms with Crippen LogP contribution in [0.4, 0.5) is 5.69 Å². The molecule has 0 spiro atoms. The molecule has 1 N–H and O–H groups in total. The van der Waals surface area contributed by atoms with Crippen molar-refractivity contribution in [3.8, 4) is 0 Å². The summed E-state index contributed by atoms with van der Waals surface area (Å²) in [5.74, 6) is -0.00729. The summed E-state index contributed by atoms with van der Waals surface area (Å²) in [4.78, 5) is 22.6. The van der Waals surface area contributed by atoms with Crippen LogP contribution in [0, 0.1) is 0 Å². The predicted octanol–water partition coefficient (Wildman–Crippen LogP) is 6.46. The second-order valence-electron chi connectivity index (χ2n) is 8.97. The van der Waals surface area contributed by atoms with Crippen LogP contribution in [0.2, 0.25) is 0 Å². The fraction of sp³-hybridized carbons (Fsp3) is 0.481. The van der Waals surface area contributed by atoms with Gasteiger partial charge in [0.05, 0.1) is 5.69 Å². The molecule has 0 atom stereocenters. The maximum absolute atomic E-state index is 12.8. The molecule has 1 saturated carbocycles. The van der Waals surface area contributed by atoms with Crippen LogP contribution < -0.4 is 5.32 Å². The Balaban J connectivity index is 1.38. The van der Waals surface area contributed by atoms with Crippen LogP contribution in [0.15, 0.2) is 57.2 Å². The molecular formula is C27H35N3OS. The lowest BCUT2D eigenvalue weighted by atomic mass is 9.94. The number of benzene rings is 2. The van der Waals surface area contributed by atoms with E-state index in [-0.39, 0.29) is 5.91 Å². The molecule has 0 unspecified atom stereocenters. The molecule has 170 valence electrons. The topological polar surface area (TPSA) is 44.7 Å². The molecule has 0 radical (unpaired) electrons. The lowest BCUT2D eigenvalue weighted by molar-refractivity contribution is 0.0950. The standard InChI is InChI=1S/C27H35N3OS/c1-3-10-23-22-13-7-8-14-25(22)32-26-16-15-20(19-24(26)29-23)27(31)28-17-9-18-30(2)21-11-5-4-6-12-21/h7-8,13-16,19,21H,3-6,9-12,17-18H2,1-2H3,(H,28,31). The highest BCUT2D eigenvalue weighted by molar-refractivity contribution is 7.99. The van der Waals surface area contributed by atoms with Crippen molar-refractivity contribution in [2.24, 2.45) is 4.99 Å². The highest BCUT2D eigenvalue weighted by atomic mass is 32.2. The first kappa shape index (κ1) is 23.1. The molecule has 1 aliphatic carbocycles. The molecule has 1 aliphatic heterocycles. The number of nitrogens with one attached hydrogen (secondary N) is 1. The van der Waals surface area contributed by atoms with Crippen LogP contribution in [-0.4, -0.2) is 42.7 Å². The van der Waals surface area contributed by atoms with Crippen LogP contribution in [0.3, 0.4) is 0 Å². The van der Waals surface area contributed by atoms with Gasteiger partial charge in [0.1, 0.15) is 0 Å². The number of amides is 1. The zero-order chi connectivity index (χ0) is 22.3. The van der Waals surface area contributed by atoms with Crippen molar-refractivity contribution < 1.29 is 4.79 Å². The van der Waals surface area contributed by atoms with Gasteiger partial charge in [-0.05, 0) is 63.5 Å². The van der Waals surface area contributed by atoms with Crippen molar-refractivity contribution in [3.63, 3.8) is 0 Å². The minimum atomic E-state index is -0.00729. The molecule has 0 saturated heterocycles. The summed E-state index contributed by atoms with van der Waals surface area (Å²) in [6.07, 6.45) is 9.70.